The van der Waals surface area contributed by atoms with Crippen molar-refractivity contribution in [3.63, 3.8) is 0 Å². The van der Waals surface area contributed by atoms with Gasteiger partial charge in [0, 0.05) is 0 Å². The number of nitrogens with zero attached hydrogens (tertiary/aromatic N) is 1. The van der Waals surface area contributed by atoms with Crippen molar-refractivity contribution in [1.82, 2.24) is 0 Å². The molecule has 0 N–H and O–H groups in total. The normalized spacial score (nSPS) is 37.1. The first-order chi connectivity index (χ1) is 10.2. The van der Waals surface area contributed by atoms with E-state index in [9.17, 15) is 5.26 Å². The van der Waals surface area contributed by atoms with Gasteiger partial charge in [0.1, 0.15) is 0 Å². The minimum atomic E-state index is 0.0555. The highest BCUT2D eigenvalue weighted by Gasteiger charge is 2.43. The Balaban J connectivity index is 1.84. The molecule has 0 bridgehead atoms. The molecule has 2 rings (SSSR count). The predicted octanol–water partition coefficient (Wildman–Crippen LogP) is 6.48. The van der Waals surface area contributed by atoms with Crippen LogP contribution in [-0.2, 0) is 0 Å². The van der Waals surface area contributed by atoms with Crippen LogP contribution in [0.5, 0.6) is 0 Å². The second-order valence-corrected chi connectivity index (χ2v) is 7.86. The van der Waals surface area contributed by atoms with Gasteiger partial charge in [-0.15, -0.1) is 0 Å². The Hall–Kier alpha value is -0.510. The molecule has 2 aliphatic rings. The molecule has 0 aromatic rings. The number of unbranched alkanes of at least 4 members (excludes halogenated alkanes) is 1. The quantitative estimate of drug-likeness (QED) is 0.548. The van der Waals surface area contributed by atoms with E-state index in [1.165, 1.54) is 83.5 Å². The van der Waals surface area contributed by atoms with Crippen LogP contribution < -0.4 is 0 Å². The lowest BCUT2D eigenvalue weighted by Crippen LogP contribution is -2.36. The Labute approximate surface area is 132 Å². The van der Waals surface area contributed by atoms with Crippen LogP contribution >= 0.6 is 0 Å². The van der Waals surface area contributed by atoms with E-state index in [0.29, 0.717) is 5.92 Å². The van der Waals surface area contributed by atoms with Gasteiger partial charge in [0.2, 0.25) is 0 Å². The van der Waals surface area contributed by atoms with Crippen molar-refractivity contribution in [2.75, 3.05) is 0 Å². The number of nitriles is 1. The zero-order valence-corrected chi connectivity index (χ0v) is 14.4. The molecule has 21 heavy (non-hydrogen) atoms. The lowest BCUT2D eigenvalue weighted by Gasteiger charge is -2.43. The molecule has 2 saturated carbocycles. The maximum absolute atomic E-state index is 9.87. The number of hydrogen-bond donors (Lipinski definition) is 0. The molecule has 0 aromatic carbocycles. The standard InChI is InChI=1S/C20H35N/c1-3-5-7-18-8-10-19(11-9-18)20(16-21)14-12-17(6-4-2)13-15-20/h17-19H,3-15H2,1-2H3/t17-,18?,19?,20-. The molecule has 1 nitrogen and oxygen atoms in total. The Morgan fingerprint density at radius 3 is 2.00 bits per heavy atom. The van der Waals surface area contributed by atoms with E-state index in [0.717, 1.165) is 11.8 Å². The van der Waals surface area contributed by atoms with Crippen molar-refractivity contribution in [3.05, 3.63) is 0 Å². The van der Waals surface area contributed by atoms with Crippen molar-refractivity contribution < 1.29 is 0 Å². The zero-order chi connectivity index (χ0) is 15.1. The first-order valence-electron chi connectivity index (χ1n) is 9.65. The SMILES string of the molecule is CCCCC1CCC([C@]2(C#N)CC[C@@H](CCC)CC2)CC1. The molecule has 2 aliphatic carbocycles. The summed E-state index contributed by atoms with van der Waals surface area (Å²) in [6, 6.07) is 2.81. The first kappa shape index (κ1) is 16.9. The van der Waals surface area contributed by atoms with E-state index in [2.05, 4.69) is 19.9 Å². The van der Waals surface area contributed by atoms with Crippen molar-refractivity contribution in [1.29, 1.82) is 5.26 Å². The van der Waals surface area contributed by atoms with Gasteiger partial charge in [-0.3, -0.25) is 0 Å². The van der Waals surface area contributed by atoms with Gasteiger partial charge in [-0.1, -0.05) is 58.8 Å². The Morgan fingerprint density at radius 2 is 1.48 bits per heavy atom. The minimum absolute atomic E-state index is 0.0555. The summed E-state index contributed by atoms with van der Waals surface area (Å²) in [6.45, 7) is 4.59. The molecule has 2 fully saturated rings. The summed E-state index contributed by atoms with van der Waals surface area (Å²) < 4.78 is 0. The highest BCUT2D eigenvalue weighted by Crippen LogP contribution is 2.50. The van der Waals surface area contributed by atoms with E-state index in [1.807, 2.05) is 0 Å². The van der Waals surface area contributed by atoms with Crippen molar-refractivity contribution in [2.24, 2.45) is 23.2 Å². The molecule has 0 spiro atoms. The molecule has 0 amide bonds. The Bertz CT molecular complexity index is 324. The Kier molecular flexibility index (Phi) is 6.59. The van der Waals surface area contributed by atoms with Gasteiger partial charge in [0.25, 0.3) is 0 Å². The average Bonchev–Trinajstić information content (AvgIpc) is 2.55. The fourth-order valence-electron chi connectivity index (χ4n) is 5.00. The van der Waals surface area contributed by atoms with E-state index in [4.69, 9.17) is 0 Å². The van der Waals surface area contributed by atoms with Gasteiger partial charge >= 0.3 is 0 Å². The molecule has 0 aliphatic heterocycles. The summed E-state index contributed by atoms with van der Waals surface area (Å²) in [5.41, 5.74) is 0.0555. The zero-order valence-electron chi connectivity index (χ0n) is 14.4. The van der Waals surface area contributed by atoms with Crippen molar-refractivity contribution in [3.8, 4) is 6.07 Å². The van der Waals surface area contributed by atoms with Gasteiger partial charge in [-0.25, -0.2) is 0 Å². The van der Waals surface area contributed by atoms with Gasteiger partial charge in [0.15, 0.2) is 0 Å². The van der Waals surface area contributed by atoms with Crippen LogP contribution in [0.25, 0.3) is 0 Å². The van der Waals surface area contributed by atoms with E-state index < -0.39 is 0 Å². The van der Waals surface area contributed by atoms with Gasteiger partial charge in [0.05, 0.1) is 11.5 Å². The fraction of sp³-hybridized carbons (Fsp3) is 0.950. The first-order valence-corrected chi connectivity index (χ1v) is 9.65. The molecular formula is C20H35N. The number of rotatable bonds is 6. The molecule has 0 aromatic heterocycles. The van der Waals surface area contributed by atoms with Gasteiger partial charge in [-0.05, 0) is 56.3 Å². The van der Waals surface area contributed by atoms with Crippen molar-refractivity contribution >= 4 is 0 Å². The lowest BCUT2D eigenvalue weighted by atomic mass is 9.59. The average molecular weight is 290 g/mol. The maximum Gasteiger partial charge on any atom is 0.0692 e. The molecule has 1 heteroatoms. The smallest absolute Gasteiger partial charge is 0.0692 e. The maximum atomic E-state index is 9.87. The van der Waals surface area contributed by atoms with Crippen LogP contribution in [-0.4, -0.2) is 0 Å². The van der Waals surface area contributed by atoms with Crippen LogP contribution in [0, 0.1) is 34.5 Å². The highest BCUT2D eigenvalue weighted by atomic mass is 14.5. The summed E-state index contributed by atoms with van der Waals surface area (Å²) >= 11 is 0. The molecule has 0 saturated heterocycles. The van der Waals surface area contributed by atoms with Crippen LogP contribution in [0.2, 0.25) is 0 Å². The van der Waals surface area contributed by atoms with Crippen LogP contribution in [0.4, 0.5) is 0 Å². The van der Waals surface area contributed by atoms with Crippen LogP contribution in [0.3, 0.4) is 0 Å². The Morgan fingerprint density at radius 1 is 0.857 bits per heavy atom. The molecule has 0 radical (unpaired) electrons. The molecule has 0 heterocycles. The monoisotopic (exact) mass is 289 g/mol. The summed E-state index contributed by atoms with van der Waals surface area (Å²) in [4.78, 5) is 0. The van der Waals surface area contributed by atoms with Gasteiger partial charge < -0.3 is 0 Å². The van der Waals surface area contributed by atoms with E-state index >= 15 is 0 Å². The lowest BCUT2D eigenvalue weighted by molar-refractivity contribution is 0.0847. The molecular weight excluding hydrogens is 254 g/mol. The second-order valence-electron chi connectivity index (χ2n) is 7.86. The highest BCUT2D eigenvalue weighted by molar-refractivity contribution is 5.06. The van der Waals surface area contributed by atoms with E-state index in [1.54, 1.807) is 0 Å². The summed E-state index contributed by atoms with van der Waals surface area (Å²) in [5, 5.41) is 9.87. The third kappa shape index (κ3) is 4.24. The minimum Gasteiger partial charge on any atom is -0.198 e. The largest absolute Gasteiger partial charge is 0.198 e. The number of hydrogen-bond acceptors (Lipinski definition) is 1. The third-order valence-corrected chi connectivity index (χ3v) is 6.51. The second kappa shape index (κ2) is 8.21. The summed E-state index contributed by atoms with van der Waals surface area (Å²) in [7, 11) is 0. The molecule has 0 atom stereocenters. The summed E-state index contributed by atoms with van der Waals surface area (Å²) in [5.74, 6) is 2.59. The van der Waals surface area contributed by atoms with Crippen LogP contribution in [0.1, 0.15) is 97.3 Å². The van der Waals surface area contributed by atoms with E-state index in [-0.39, 0.29) is 5.41 Å². The van der Waals surface area contributed by atoms with Crippen molar-refractivity contribution in [2.45, 2.75) is 97.3 Å². The van der Waals surface area contributed by atoms with Crippen LogP contribution in [0.15, 0.2) is 0 Å². The molecule has 120 valence electrons. The fourth-order valence-corrected chi connectivity index (χ4v) is 5.00. The predicted molar refractivity (Wildman–Crippen MR) is 89.9 cm³/mol. The topological polar surface area (TPSA) is 23.8 Å². The summed E-state index contributed by atoms with van der Waals surface area (Å²) in [6.07, 6.45) is 17.3. The third-order valence-electron chi connectivity index (χ3n) is 6.51. The molecule has 0 unspecified atom stereocenters. The van der Waals surface area contributed by atoms with Gasteiger partial charge in [-0.2, -0.15) is 5.26 Å².